The highest BCUT2D eigenvalue weighted by molar-refractivity contribution is 5.86. The Morgan fingerprint density at radius 2 is 1.90 bits per heavy atom. The fraction of sp³-hybridized carbons (Fsp3) is 0.500. The van der Waals surface area contributed by atoms with Crippen molar-refractivity contribution in [1.82, 2.24) is 9.80 Å². The van der Waals surface area contributed by atoms with Gasteiger partial charge in [0.2, 0.25) is 11.8 Å². The maximum Gasteiger partial charge on any atom is 0.242 e. The number of nitrogens with zero attached hydrogens (tertiary/aromatic N) is 2. The van der Waals surface area contributed by atoms with Gasteiger partial charge in [-0.15, -0.1) is 0 Å². The number of methoxy groups -OCH3 is 1. The molecule has 0 spiro atoms. The zero-order valence-electron chi connectivity index (χ0n) is 18.0. The van der Waals surface area contributed by atoms with Gasteiger partial charge in [-0.2, -0.15) is 0 Å². The van der Waals surface area contributed by atoms with E-state index >= 15 is 0 Å². The van der Waals surface area contributed by atoms with E-state index in [1.807, 2.05) is 36.4 Å². The van der Waals surface area contributed by atoms with Gasteiger partial charge in [0.05, 0.1) is 32.4 Å². The molecule has 1 aliphatic carbocycles. The molecule has 2 aliphatic rings. The van der Waals surface area contributed by atoms with Crippen LogP contribution in [0.25, 0.3) is 0 Å². The number of ether oxygens (including phenoxy) is 2. The van der Waals surface area contributed by atoms with E-state index in [2.05, 4.69) is 0 Å². The van der Waals surface area contributed by atoms with Crippen LogP contribution < -0.4 is 4.74 Å². The molecule has 7 nitrogen and oxygen atoms in total. The standard InChI is InChI=1S/C24H30N2O5/c1-29-20-10-6-18(7-11-20)14-23(27)26(19-8-9-19)17-24(28)25(15-21-4-2-12-30-21)16-22-5-3-13-31-22/h2,4,6-7,10-12,19,22H,3,5,8-9,13-17H2,1H3. The van der Waals surface area contributed by atoms with Crippen LogP contribution in [0.2, 0.25) is 0 Å². The highest BCUT2D eigenvalue weighted by Crippen LogP contribution is 2.28. The minimum atomic E-state index is -0.0677. The van der Waals surface area contributed by atoms with E-state index in [-0.39, 0.29) is 36.9 Å². The molecule has 1 aromatic heterocycles. The fourth-order valence-electron chi connectivity index (χ4n) is 3.95. The topological polar surface area (TPSA) is 72.2 Å². The van der Waals surface area contributed by atoms with Crippen molar-refractivity contribution in [2.75, 3.05) is 26.8 Å². The summed E-state index contributed by atoms with van der Waals surface area (Å²) in [5, 5.41) is 0. The monoisotopic (exact) mass is 426 g/mol. The lowest BCUT2D eigenvalue weighted by Gasteiger charge is -2.29. The second-order valence-electron chi connectivity index (χ2n) is 8.27. The van der Waals surface area contributed by atoms with E-state index in [0.29, 0.717) is 13.1 Å². The van der Waals surface area contributed by atoms with Gasteiger partial charge in [-0.05, 0) is 55.5 Å². The third-order valence-electron chi connectivity index (χ3n) is 5.86. The molecule has 1 saturated heterocycles. The highest BCUT2D eigenvalue weighted by Gasteiger charge is 2.35. The molecule has 0 bridgehead atoms. The van der Waals surface area contributed by atoms with Crippen molar-refractivity contribution in [1.29, 1.82) is 0 Å². The first kappa shape index (κ1) is 21.4. The van der Waals surface area contributed by atoms with Crippen LogP contribution in [0, 0.1) is 0 Å². The predicted octanol–water partition coefficient (Wildman–Crippen LogP) is 3.03. The van der Waals surface area contributed by atoms with Gasteiger partial charge in [-0.3, -0.25) is 9.59 Å². The summed E-state index contributed by atoms with van der Waals surface area (Å²) in [4.78, 5) is 29.8. The first-order valence-electron chi connectivity index (χ1n) is 11.0. The molecule has 2 amide bonds. The summed E-state index contributed by atoms with van der Waals surface area (Å²) >= 11 is 0. The van der Waals surface area contributed by atoms with Crippen LogP contribution in [0.5, 0.6) is 5.75 Å². The summed E-state index contributed by atoms with van der Waals surface area (Å²) in [5.41, 5.74) is 0.913. The van der Waals surface area contributed by atoms with E-state index in [1.54, 1.807) is 23.2 Å². The van der Waals surface area contributed by atoms with Gasteiger partial charge in [0, 0.05) is 19.2 Å². The third kappa shape index (κ3) is 5.88. The second-order valence-corrected chi connectivity index (χ2v) is 8.27. The molecule has 1 aromatic carbocycles. The Kier molecular flexibility index (Phi) is 6.92. The van der Waals surface area contributed by atoms with Crippen molar-refractivity contribution in [3.05, 3.63) is 54.0 Å². The molecule has 0 N–H and O–H groups in total. The van der Waals surface area contributed by atoms with Crippen LogP contribution in [0.4, 0.5) is 0 Å². The average molecular weight is 427 g/mol. The minimum absolute atomic E-state index is 0.0175. The molecule has 0 radical (unpaired) electrons. The lowest BCUT2D eigenvalue weighted by molar-refractivity contribution is -0.142. The maximum absolute atomic E-state index is 13.3. The molecule has 4 rings (SSSR count). The summed E-state index contributed by atoms with van der Waals surface area (Å²) < 4.78 is 16.4. The van der Waals surface area contributed by atoms with Crippen LogP contribution >= 0.6 is 0 Å². The molecule has 166 valence electrons. The van der Waals surface area contributed by atoms with Crippen molar-refractivity contribution >= 4 is 11.8 Å². The Balaban J connectivity index is 1.41. The summed E-state index contributed by atoms with van der Waals surface area (Å²) in [7, 11) is 1.62. The molecule has 1 atom stereocenters. The number of carbonyl (C=O) groups is 2. The molecule has 7 heteroatoms. The Bertz CT molecular complexity index is 855. The van der Waals surface area contributed by atoms with Crippen LogP contribution in [-0.2, 0) is 27.3 Å². The first-order chi connectivity index (χ1) is 15.1. The number of hydrogen-bond acceptors (Lipinski definition) is 5. The second kappa shape index (κ2) is 10.0. The molecular weight excluding hydrogens is 396 g/mol. The number of carbonyl (C=O) groups excluding carboxylic acids is 2. The number of hydrogen-bond donors (Lipinski definition) is 0. The lowest BCUT2D eigenvalue weighted by atomic mass is 10.1. The van der Waals surface area contributed by atoms with Gasteiger partial charge in [0.1, 0.15) is 18.1 Å². The van der Waals surface area contributed by atoms with E-state index in [9.17, 15) is 9.59 Å². The maximum atomic E-state index is 13.3. The first-order valence-corrected chi connectivity index (χ1v) is 11.0. The Morgan fingerprint density at radius 1 is 1.10 bits per heavy atom. The number of furan rings is 1. The summed E-state index contributed by atoms with van der Waals surface area (Å²) in [6.45, 7) is 1.73. The number of benzene rings is 1. The smallest absolute Gasteiger partial charge is 0.242 e. The van der Waals surface area contributed by atoms with Gasteiger partial charge in [-0.1, -0.05) is 12.1 Å². The Hall–Kier alpha value is -2.80. The number of amides is 2. The van der Waals surface area contributed by atoms with E-state index < -0.39 is 0 Å². The quantitative estimate of drug-likeness (QED) is 0.584. The summed E-state index contributed by atoms with van der Waals surface area (Å²) in [6, 6.07) is 11.3. The molecular formula is C24H30N2O5. The molecule has 1 unspecified atom stereocenters. The fourth-order valence-corrected chi connectivity index (χ4v) is 3.95. The Labute approximate surface area is 182 Å². The Morgan fingerprint density at radius 3 is 2.52 bits per heavy atom. The molecule has 31 heavy (non-hydrogen) atoms. The van der Waals surface area contributed by atoms with Crippen LogP contribution in [-0.4, -0.2) is 60.6 Å². The van der Waals surface area contributed by atoms with Gasteiger partial charge >= 0.3 is 0 Å². The van der Waals surface area contributed by atoms with E-state index in [4.69, 9.17) is 13.9 Å². The summed E-state index contributed by atoms with van der Waals surface area (Å²) in [5.74, 6) is 1.40. The van der Waals surface area contributed by atoms with Crippen molar-refractivity contribution in [2.24, 2.45) is 0 Å². The SMILES string of the molecule is COc1ccc(CC(=O)N(CC(=O)N(Cc2ccco2)CC2CCCO2)C2CC2)cc1. The normalized spacial score (nSPS) is 18.0. The summed E-state index contributed by atoms with van der Waals surface area (Å²) in [6.07, 6.45) is 5.80. The van der Waals surface area contributed by atoms with Crippen molar-refractivity contribution < 1.29 is 23.5 Å². The van der Waals surface area contributed by atoms with Gasteiger partial charge in [0.15, 0.2) is 0 Å². The molecule has 2 aromatic rings. The van der Waals surface area contributed by atoms with Gasteiger partial charge in [0.25, 0.3) is 0 Å². The zero-order valence-corrected chi connectivity index (χ0v) is 18.0. The molecule has 1 saturated carbocycles. The highest BCUT2D eigenvalue weighted by atomic mass is 16.5. The van der Waals surface area contributed by atoms with Crippen molar-refractivity contribution in [3.8, 4) is 5.75 Å². The lowest BCUT2D eigenvalue weighted by Crippen LogP contribution is -2.46. The van der Waals surface area contributed by atoms with Crippen LogP contribution in [0.15, 0.2) is 47.1 Å². The zero-order chi connectivity index (χ0) is 21.6. The van der Waals surface area contributed by atoms with Crippen LogP contribution in [0.3, 0.4) is 0 Å². The van der Waals surface area contributed by atoms with Gasteiger partial charge in [-0.25, -0.2) is 0 Å². The van der Waals surface area contributed by atoms with Crippen molar-refractivity contribution in [2.45, 2.75) is 50.8 Å². The minimum Gasteiger partial charge on any atom is -0.497 e. The van der Waals surface area contributed by atoms with Crippen molar-refractivity contribution in [3.63, 3.8) is 0 Å². The molecule has 2 heterocycles. The third-order valence-corrected chi connectivity index (χ3v) is 5.86. The molecule has 1 aliphatic heterocycles. The average Bonchev–Trinajstić information content (AvgIpc) is 3.23. The number of rotatable bonds is 10. The van der Waals surface area contributed by atoms with Crippen LogP contribution in [0.1, 0.15) is 37.0 Å². The van der Waals surface area contributed by atoms with Gasteiger partial charge < -0.3 is 23.7 Å². The van der Waals surface area contributed by atoms with E-state index in [0.717, 1.165) is 49.4 Å². The molecule has 2 fully saturated rings. The largest absolute Gasteiger partial charge is 0.497 e. The predicted molar refractivity (Wildman–Crippen MR) is 115 cm³/mol. The van der Waals surface area contributed by atoms with E-state index in [1.165, 1.54) is 0 Å².